The molecule has 2 N–H and O–H groups in total. The van der Waals surface area contributed by atoms with E-state index in [-0.39, 0.29) is 0 Å². The number of anilines is 1. The fourth-order valence-corrected chi connectivity index (χ4v) is 2.86. The second-order valence-corrected chi connectivity index (χ2v) is 6.76. The average Bonchev–Trinajstić information content (AvgIpc) is 2.57. The number of benzene rings is 1. The molecule has 0 aliphatic heterocycles. The summed E-state index contributed by atoms with van der Waals surface area (Å²) in [6.07, 6.45) is 1.77. The zero-order valence-corrected chi connectivity index (χ0v) is 15.3. The van der Waals surface area contributed by atoms with E-state index in [1.165, 1.54) is 0 Å². The molecule has 1 heterocycles. The van der Waals surface area contributed by atoms with Crippen LogP contribution in [0.1, 0.15) is 27.7 Å². The number of hydrogen-bond acceptors (Lipinski definition) is 5. The van der Waals surface area contributed by atoms with Crippen molar-refractivity contribution < 1.29 is 9.84 Å². The minimum atomic E-state index is -0.843. The minimum absolute atomic E-state index is 0.404. The van der Waals surface area contributed by atoms with Gasteiger partial charge in [-0.15, -0.1) is 0 Å². The number of aromatic nitrogens is 1. The van der Waals surface area contributed by atoms with Gasteiger partial charge in [0.1, 0.15) is 5.75 Å². The van der Waals surface area contributed by atoms with E-state index in [0.29, 0.717) is 19.1 Å². The van der Waals surface area contributed by atoms with E-state index in [4.69, 9.17) is 4.74 Å². The summed E-state index contributed by atoms with van der Waals surface area (Å²) >= 11 is 0. The third-order valence-electron chi connectivity index (χ3n) is 4.25. The second kappa shape index (κ2) is 7.81. The maximum absolute atomic E-state index is 10.8. The van der Waals surface area contributed by atoms with Crippen molar-refractivity contribution in [2.24, 2.45) is 0 Å². The van der Waals surface area contributed by atoms with Crippen molar-refractivity contribution in [1.82, 2.24) is 9.88 Å². The molecule has 0 amide bonds. The summed E-state index contributed by atoms with van der Waals surface area (Å²) in [5.41, 5.74) is 0.910. The number of rotatable bonds is 8. The Kier molecular flexibility index (Phi) is 6.02. The van der Waals surface area contributed by atoms with Gasteiger partial charge in [0.2, 0.25) is 0 Å². The molecule has 0 saturated carbocycles. The standard InChI is InChI=1S/C19H29N3O2/c1-6-22(14(2)3)13-19(4,23)12-21-17-11-16(24-5)10-15-8-7-9-20-18(15)17/h7-11,14,21,23H,6,12-13H2,1-5H3. The van der Waals surface area contributed by atoms with Crippen LogP contribution in [0, 0.1) is 0 Å². The molecular formula is C19H29N3O2. The normalized spacial score (nSPS) is 14.2. The van der Waals surface area contributed by atoms with Crippen LogP contribution in [0.2, 0.25) is 0 Å². The predicted molar refractivity (Wildman–Crippen MR) is 99.8 cm³/mol. The highest BCUT2D eigenvalue weighted by Crippen LogP contribution is 2.28. The minimum Gasteiger partial charge on any atom is -0.497 e. The van der Waals surface area contributed by atoms with Crippen molar-refractivity contribution in [3.8, 4) is 5.75 Å². The van der Waals surface area contributed by atoms with Gasteiger partial charge in [-0.2, -0.15) is 0 Å². The lowest BCUT2D eigenvalue weighted by Gasteiger charge is -2.33. The van der Waals surface area contributed by atoms with E-state index in [1.54, 1.807) is 13.3 Å². The molecule has 0 aliphatic rings. The zero-order valence-electron chi connectivity index (χ0n) is 15.3. The average molecular weight is 331 g/mol. The number of fused-ring (bicyclic) bond motifs is 1. The van der Waals surface area contributed by atoms with E-state index in [9.17, 15) is 5.11 Å². The summed E-state index contributed by atoms with van der Waals surface area (Å²) in [5.74, 6) is 0.773. The molecule has 0 aliphatic carbocycles. The molecule has 5 heteroatoms. The maximum Gasteiger partial charge on any atom is 0.121 e. The summed E-state index contributed by atoms with van der Waals surface area (Å²) in [7, 11) is 1.65. The van der Waals surface area contributed by atoms with E-state index in [1.807, 2.05) is 31.2 Å². The Morgan fingerprint density at radius 2 is 2.12 bits per heavy atom. The molecule has 1 unspecified atom stereocenters. The molecule has 0 saturated heterocycles. The monoisotopic (exact) mass is 331 g/mol. The van der Waals surface area contributed by atoms with E-state index in [2.05, 4.69) is 36.0 Å². The van der Waals surface area contributed by atoms with Crippen molar-refractivity contribution in [2.45, 2.75) is 39.3 Å². The Hall–Kier alpha value is -1.85. The zero-order chi connectivity index (χ0) is 17.7. The van der Waals surface area contributed by atoms with Gasteiger partial charge in [-0.05, 0) is 39.4 Å². The van der Waals surface area contributed by atoms with Crippen LogP contribution in [0.4, 0.5) is 5.69 Å². The second-order valence-electron chi connectivity index (χ2n) is 6.76. The van der Waals surface area contributed by atoms with Crippen LogP contribution in [0.5, 0.6) is 5.75 Å². The van der Waals surface area contributed by atoms with Gasteiger partial charge in [-0.3, -0.25) is 9.88 Å². The van der Waals surface area contributed by atoms with Gasteiger partial charge in [0.05, 0.1) is 23.9 Å². The van der Waals surface area contributed by atoms with Crippen LogP contribution in [0.3, 0.4) is 0 Å². The summed E-state index contributed by atoms with van der Waals surface area (Å²) in [5, 5.41) is 15.1. The number of ether oxygens (including phenoxy) is 1. The van der Waals surface area contributed by atoms with Crippen molar-refractivity contribution >= 4 is 16.6 Å². The molecule has 1 aromatic carbocycles. The highest BCUT2D eigenvalue weighted by atomic mass is 16.5. The molecule has 0 spiro atoms. The van der Waals surface area contributed by atoms with Crippen LogP contribution in [-0.4, -0.2) is 53.4 Å². The molecule has 2 aromatic rings. The Morgan fingerprint density at radius 3 is 2.75 bits per heavy atom. The first-order valence-electron chi connectivity index (χ1n) is 8.49. The summed E-state index contributed by atoms with van der Waals surface area (Å²) in [4.78, 5) is 6.71. The summed E-state index contributed by atoms with van der Waals surface area (Å²) < 4.78 is 5.37. The van der Waals surface area contributed by atoms with Crippen LogP contribution in [-0.2, 0) is 0 Å². The van der Waals surface area contributed by atoms with Gasteiger partial charge >= 0.3 is 0 Å². The van der Waals surface area contributed by atoms with E-state index >= 15 is 0 Å². The van der Waals surface area contributed by atoms with Gasteiger partial charge < -0.3 is 15.2 Å². The lowest BCUT2D eigenvalue weighted by atomic mass is 10.0. The van der Waals surface area contributed by atoms with Gasteiger partial charge in [0.25, 0.3) is 0 Å². The van der Waals surface area contributed by atoms with Crippen molar-refractivity contribution in [2.75, 3.05) is 32.1 Å². The van der Waals surface area contributed by atoms with Crippen molar-refractivity contribution in [3.63, 3.8) is 0 Å². The number of pyridine rings is 1. The van der Waals surface area contributed by atoms with Crippen LogP contribution < -0.4 is 10.1 Å². The molecule has 24 heavy (non-hydrogen) atoms. The number of hydrogen-bond donors (Lipinski definition) is 2. The first-order valence-corrected chi connectivity index (χ1v) is 8.49. The third-order valence-corrected chi connectivity index (χ3v) is 4.25. The highest BCUT2D eigenvalue weighted by Gasteiger charge is 2.25. The van der Waals surface area contributed by atoms with Gasteiger partial charge in [-0.1, -0.05) is 13.0 Å². The topological polar surface area (TPSA) is 57.6 Å². The molecule has 2 rings (SSSR count). The lowest BCUT2D eigenvalue weighted by molar-refractivity contribution is 0.0228. The maximum atomic E-state index is 10.8. The Labute approximate surface area is 144 Å². The molecule has 0 bridgehead atoms. The van der Waals surface area contributed by atoms with E-state index in [0.717, 1.165) is 28.9 Å². The summed E-state index contributed by atoms with van der Waals surface area (Å²) in [6, 6.07) is 8.20. The summed E-state index contributed by atoms with van der Waals surface area (Å²) in [6.45, 7) is 10.2. The Morgan fingerprint density at radius 1 is 1.38 bits per heavy atom. The smallest absolute Gasteiger partial charge is 0.121 e. The highest BCUT2D eigenvalue weighted by molar-refractivity contribution is 5.91. The molecule has 132 valence electrons. The molecule has 0 radical (unpaired) electrons. The first kappa shape index (κ1) is 18.5. The number of nitrogens with one attached hydrogen (secondary N) is 1. The number of likely N-dealkylation sites (N-methyl/N-ethyl adjacent to an activating group) is 1. The fraction of sp³-hybridized carbons (Fsp3) is 0.526. The SMILES string of the molecule is CCN(CC(C)(O)CNc1cc(OC)cc2cccnc12)C(C)C. The first-order chi connectivity index (χ1) is 11.4. The molecule has 1 atom stereocenters. The number of methoxy groups -OCH3 is 1. The van der Waals surface area contributed by atoms with Gasteiger partial charge in [0, 0.05) is 36.8 Å². The van der Waals surface area contributed by atoms with Crippen molar-refractivity contribution in [1.29, 1.82) is 0 Å². The predicted octanol–water partition coefficient (Wildman–Crippen LogP) is 3.14. The van der Waals surface area contributed by atoms with E-state index < -0.39 is 5.60 Å². The lowest BCUT2D eigenvalue weighted by Crippen LogP contribution is -2.47. The van der Waals surface area contributed by atoms with Crippen LogP contribution >= 0.6 is 0 Å². The van der Waals surface area contributed by atoms with Gasteiger partial charge in [-0.25, -0.2) is 0 Å². The fourth-order valence-electron chi connectivity index (χ4n) is 2.86. The number of nitrogens with zero attached hydrogens (tertiary/aromatic N) is 2. The molecule has 5 nitrogen and oxygen atoms in total. The number of aliphatic hydroxyl groups is 1. The largest absolute Gasteiger partial charge is 0.497 e. The third kappa shape index (κ3) is 4.58. The van der Waals surface area contributed by atoms with Crippen LogP contribution in [0.15, 0.2) is 30.5 Å². The quantitative estimate of drug-likeness (QED) is 0.778. The molecular weight excluding hydrogens is 302 g/mol. The molecule has 1 aromatic heterocycles. The molecule has 0 fully saturated rings. The van der Waals surface area contributed by atoms with Crippen LogP contribution in [0.25, 0.3) is 10.9 Å². The Bertz CT molecular complexity index is 671. The van der Waals surface area contributed by atoms with Crippen molar-refractivity contribution in [3.05, 3.63) is 30.5 Å². The van der Waals surface area contributed by atoms with Gasteiger partial charge in [0.15, 0.2) is 0 Å². The Balaban J connectivity index is 2.17.